The van der Waals surface area contributed by atoms with Gasteiger partial charge < -0.3 is 9.84 Å². The fraction of sp³-hybridized carbons (Fsp3) is 0.538. The quantitative estimate of drug-likeness (QED) is 0.824. The number of hydrogen-bond donors (Lipinski definition) is 1. The highest BCUT2D eigenvalue weighted by atomic mass is 16.5. The van der Waals surface area contributed by atoms with Gasteiger partial charge in [0.1, 0.15) is 0 Å². The molecule has 2 heteroatoms. The van der Waals surface area contributed by atoms with E-state index in [1.165, 1.54) is 0 Å². The van der Waals surface area contributed by atoms with Gasteiger partial charge in [0, 0.05) is 12.5 Å². The Balaban J connectivity index is 3.12. The van der Waals surface area contributed by atoms with Crippen molar-refractivity contribution in [3.05, 3.63) is 35.4 Å². The van der Waals surface area contributed by atoms with Crippen LogP contribution in [0.1, 0.15) is 38.0 Å². The molecule has 0 spiro atoms. The fourth-order valence-corrected chi connectivity index (χ4v) is 1.92. The van der Waals surface area contributed by atoms with E-state index in [2.05, 4.69) is 19.9 Å². The fourth-order valence-electron chi connectivity index (χ4n) is 1.92. The topological polar surface area (TPSA) is 29.5 Å². The first-order valence-electron chi connectivity index (χ1n) is 5.25. The van der Waals surface area contributed by atoms with Crippen LogP contribution in [0.2, 0.25) is 0 Å². The van der Waals surface area contributed by atoms with Crippen LogP contribution >= 0.6 is 0 Å². The first-order chi connectivity index (χ1) is 6.99. The monoisotopic (exact) mass is 208 g/mol. The predicted octanol–water partition coefficient (Wildman–Crippen LogP) is 2.66. The van der Waals surface area contributed by atoms with Crippen LogP contribution in [-0.4, -0.2) is 18.8 Å². The van der Waals surface area contributed by atoms with Gasteiger partial charge in [0.25, 0.3) is 0 Å². The second-order valence-electron chi connectivity index (χ2n) is 4.58. The highest BCUT2D eigenvalue weighted by Gasteiger charge is 2.24. The summed E-state index contributed by atoms with van der Waals surface area (Å²) in [4.78, 5) is 0. The van der Waals surface area contributed by atoms with E-state index in [0.29, 0.717) is 6.61 Å². The van der Waals surface area contributed by atoms with Gasteiger partial charge >= 0.3 is 0 Å². The van der Waals surface area contributed by atoms with E-state index in [-0.39, 0.29) is 5.41 Å². The zero-order valence-corrected chi connectivity index (χ0v) is 9.95. The standard InChI is InChI=1S/C13H20O2/c1-10(14)11-7-5-6-8-12(11)13(2,3)9-15-4/h5-8,10,14H,9H2,1-4H3. The molecule has 0 aliphatic carbocycles. The first kappa shape index (κ1) is 12.2. The van der Waals surface area contributed by atoms with Crippen LogP contribution in [-0.2, 0) is 10.2 Å². The molecule has 0 aliphatic rings. The summed E-state index contributed by atoms with van der Waals surface area (Å²) in [5.74, 6) is 0. The van der Waals surface area contributed by atoms with Crippen molar-refractivity contribution >= 4 is 0 Å². The summed E-state index contributed by atoms with van der Waals surface area (Å²) in [6.07, 6.45) is -0.433. The van der Waals surface area contributed by atoms with Gasteiger partial charge in [-0.2, -0.15) is 0 Å². The Labute approximate surface area is 91.9 Å². The van der Waals surface area contributed by atoms with Crippen LogP contribution in [0.15, 0.2) is 24.3 Å². The molecule has 0 saturated carbocycles. The predicted molar refractivity (Wildman–Crippen MR) is 62.0 cm³/mol. The molecule has 1 N–H and O–H groups in total. The Hall–Kier alpha value is -0.860. The van der Waals surface area contributed by atoms with Gasteiger partial charge in [-0.1, -0.05) is 38.1 Å². The molecule has 0 fully saturated rings. The zero-order chi connectivity index (χ0) is 11.5. The van der Waals surface area contributed by atoms with Crippen molar-refractivity contribution in [2.45, 2.75) is 32.3 Å². The molecule has 2 nitrogen and oxygen atoms in total. The number of ether oxygens (including phenoxy) is 1. The molecule has 15 heavy (non-hydrogen) atoms. The van der Waals surface area contributed by atoms with Crippen molar-refractivity contribution in [1.82, 2.24) is 0 Å². The second-order valence-corrected chi connectivity index (χ2v) is 4.58. The van der Waals surface area contributed by atoms with Crippen LogP contribution in [0.3, 0.4) is 0 Å². The summed E-state index contributed by atoms with van der Waals surface area (Å²) >= 11 is 0. The Morgan fingerprint density at radius 1 is 1.33 bits per heavy atom. The Morgan fingerprint density at radius 2 is 1.93 bits per heavy atom. The van der Waals surface area contributed by atoms with Gasteiger partial charge in [-0.3, -0.25) is 0 Å². The van der Waals surface area contributed by atoms with Gasteiger partial charge in [0.15, 0.2) is 0 Å². The third kappa shape index (κ3) is 2.80. The summed E-state index contributed by atoms with van der Waals surface area (Å²) in [7, 11) is 1.70. The Bertz CT molecular complexity index is 316. The molecule has 1 aromatic carbocycles. The van der Waals surface area contributed by atoms with Crippen LogP contribution in [0, 0.1) is 0 Å². The molecule has 0 radical (unpaired) electrons. The maximum atomic E-state index is 9.70. The number of benzene rings is 1. The largest absolute Gasteiger partial charge is 0.389 e. The number of hydrogen-bond acceptors (Lipinski definition) is 2. The van der Waals surface area contributed by atoms with E-state index in [1.54, 1.807) is 14.0 Å². The molecule has 1 aromatic rings. The molecular weight excluding hydrogens is 188 g/mol. The normalized spacial score (nSPS) is 13.9. The van der Waals surface area contributed by atoms with Gasteiger partial charge in [0.2, 0.25) is 0 Å². The highest BCUT2D eigenvalue weighted by Crippen LogP contribution is 2.30. The van der Waals surface area contributed by atoms with Gasteiger partial charge in [-0.05, 0) is 18.1 Å². The average Bonchev–Trinajstić information content (AvgIpc) is 2.17. The average molecular weight is 208 g/mol. The van der Waals surface area contributed by atoms with E-state index < -0.39 is 6.10 Å². The molecule has 0 bridgehead atoms. The second kappa shape index (κ2) is 4.77. The molecule has 1 unspecified atom stereocenters. The van der Waals surface area contributed by atoms with Crippen molar-refractivity contribution in [2.24, 2.45) is 0 Å². The third-order valence-corrected chi connectivity index (χ3v) is 2.65. The minimum atomic E-state index is -0.433. The maximum Gasteiger partial charge on any atom is 0.0764 e. The molecular formula is C13H20O2. The van der Waals surface area contributed by atoms with E-state index >= 15 is 0 Å². The van der Waals surface area contributed by atoms with Crippen molar-refractivity contribution in [3.63, 3.8) is 0 Å². The molecule has 0 aromatic heterocycles. The first-order valence-corrected chi connectivity index (χ1v) is 5.25. The maximum absolute atomic E-state index is 9.70. The molecule has 0 aliphatic heterocycles. The van der Waals surface area contributed by atoms with Crippen LogP contribution in [0.5, 0.6) is 0 Å². The van der Waals surface area contributed by atoms with E-state index in [4.69, 9.17) is 4.74 Å². The smallest absolute Gasteiger partial charge is 0.0764 e. The summed E-state index contributed by atoms with van der Waals surface area (Å²) in [5.41, 5.74) is 2.07. The molecule has 84 valence electrons. The lowest BCUT2D eigenvalue weighted by molar-refractivity contribution is 0.142. The summed E-state index contributed by atoms with van der Waals surface area (Å²) in [6.45, 7) is 6.69. The minimum absolute atomic E-state index is 0.0671. The van der Waals surface area contributed by atoms with E-state index in [1.807, 2.05) is 18.2 Å². The van der Waals surface area contributed by atoms with Gasteiger partial charge in [0.05, 0.1) is 12.7 Å². The Morgan fingerprint density at radius 3 is 2.47 bits per heavy atom. The van der Waals surface area contributed by atoms with Crippen LogP contribution in [0.25, 0.3) is 0 Å². The zero-order valence-electron chi connectivity index (χ0n) is 9.95. The number of aliphatic hydroxyl groups is 1. The third-order valence-electron chi connectivity index (χ3n) is 2.65. The number of methoxy groups -OCH3 is 1. The molecule has 0 heterocycles. The summed E-state index contributed by atoms with van der Waals surface area (Å²) in [6, 6.07) is 7.98. The molecule has 1 atom stereocenters. The number of aliphatic hydroxyl groups excluding tert-OH is 1. The lowest BCUT2D eigenvalue weighted by atomic mass is 9.81. The van der Waals surface area contributed by atoms with Crippen molar-refractivity contribution in [3.8, 4) is 0 Å². The number of rotatable bonds is 4. The minimum Gasteiger partial charge on any atom is -0.389 e. The van der Waals surface area contributed by atoms with E-state index in [0.717, 1.165) is 11.1 Å². The Kier molecular flexibility index (Phi) is 3.89. The van der Waals surface area contributed by atoms with Gasteiger partial charge in [-0.25, -0.2) is 0 Å². The summed E-state index contributed by atoms with van der Waals surface area (Å²) < 4.78 is 5.21. The summed E-state index contributed by atoms with van der Waals surface area (Å²) in [5, 5.41) is 9.70. The van der Waals surface area contributed by atoms with Crippen molar-refractivity contribution < 1.29 is 9.84 Å². The van der Waals surface area contributed by atoms with Crippen molar-refractivity contribution in [1.29, 1.82) is 0 Å². The molecule has 1 rings (SSSR count). The van der Waals surface area contributed by atoms with E-state index in [9.17, 15) is 5.11 Å². The molecule has 0 amide bonds. The SMILES string of the molecule is COCC(C)(C)c1ccccc1C(C)O. The van der Waals surface area contributed by atoms with Crippen molar-refractivity contribution in [2.75, 3.05) is 13.7 Å². The lowest BCUT2D eigenvalue weighted by Gasteiger charge is -2.27. The highest BCUT2D eigenvalue weighted by molar-refractivity contribution is 5.34. The lowest BCUT2D eigenvalue weighted by Crippen LogP contribution is -2.25. The van der Waals surface area contributed by atoms with Crippen LogP contribution in [0.4, 0.5) is 0 Å². The molecule has 0 saturated heterocycles. The van der Waals surface area contributed by atoms with Crippen LogP contribution < -0.4 is 0 Å². The van der Waals surface area contributed by atoms with Gasteiger partial charge in [-0.15, -0.1) is 0 Å².